The molecule has 0 atom stereocenters. The van der Waals surface area contributed by atoms with E-state index in [0.717, 1.165) is 22.1 Å². The summed E-state index contributed by atoms with van der Waals surface area (Å²) < 4.78 is 11.8. The third-order valence-electron chi connectivity index (χ3n) is 3.06. The van der Waals surface area contributed by atoms with Gasteiger partial charge in [0.15, 0.2) is 0 Å². The summed E-state index contributed by atoms with van der Waals surface area (Å²) in [6, 6.07) is 0. The van der Waals surface area contributed by atoms with E-state index in [1.54, 1.807) is 0 Å². The first-order valence-electron chi connectivity index (χ1n) is 7.92. The Morgan fingerprint density at radius 3 is 1.21 bits per heavy atom. The number of hydrogen-bond donors (Lipinski definition) is 0. The zero-order valence-corrected chi connectivity index (χ0v) is 20.3. The van der Waals surface area contributed by atoms with Crippen LogP contribution >= 0.6 is 0 Å². The summed E-state index contributed by atoms with van der Waals surface area (Å²) in [5.74, 6) is -0.376. The summed E-state index contributed by atoms with van der Waals surface area (Å²) in [5.41, 5.74) is 0. The van der Waals surface area contributed by atoms with Gasteiger partial charge in [-0.15, -0.1) is 0 Å². The van der Waals surface area contributed by atoms with Gasteiger partial charge in [0.05, 0.1) is 42.3 Å². The van der Waals surface area contributed by atoms with E-state index in [1.165, 1.54) is 0 Å². The van der Waals surface area contributed by atoms with Gasteiger partial charge in [-0.05, 0) is 12.8 Å². The van der Waals surface area contributed by atoms with E-state index in [0.29, 0.717) is 38.9 Å². The molecule has 0 aliphatic rings. The lowest BCUT2D eigenvalue weighted by Crippen LogP contribution is -3.00. The second-order valence-corrected chi connectivity index (χ2v) is 7.68. The van der Waals surface area contributed by atoms with Gasteiger partial charge in [0.2, 0.25) is 0 Å². The Hall–Kier alpha value is 0.320. The summed E-state index contributed by atoms with van der Waals surface area (Å²) in [5, 5.41) is 0. The van der Waals surface area contributed by atoms with Crippen LogP contribution in [0.2, 0.25) is 0 Å². The molecule has 0 aromatic carbocycles. The first-order chi connectivity index (χ1) is 9.99. The van der Waals surface area contributed by atoms with Crippen LogP contribution in [-0.4, -0.2) is 89.5 Å². The standard InChI is InChI=1S/C16H34N2O4.2HI/c1-17(2,3)11-13-21-15(19)9-7-8-10-16(20)22-14-12-18(4,5)6;;/h7-14H2,1-6H3;2*1H/q+2;;/p-2. The molecule has 0 N–H and O–H groups in total. The average molecular weight is 572 g/mol. The highest BCUT2D eigenvalue weighted by Gasteiger charge is 2.11. The van der Waals surface area contributed by atoms with Crippen molar-refractivity contribution in [3.05, 3.63) is 0 Å². The highest BCUT2D eigenvalue weighted by Crippen LogP contribution is 2.03. The molecule has 0 fully saturated rings. The molecule has 0 aromatic rings. The van der Waals surface area contributed by atoms with Gasteiger partial charge in [0.25, 0.3) is 0 Å². The van der Waals surface area contributed by atoms with E-state index < -0.39 is 0 Å². The van der Waals surface area contributed by atoms with E-state index in [2.05, 4.69) is 42.3 Å². The quantitative estimate of drug-likeness (QED) is 0.108. The van der Waals surface area contributed by atoms with Crippen molar-refractivity contribution in [1.82, 2.24) is 0 Å². The van der Waals surface area contributed by atoms with Crippen molar-refractivity contribution in [3.8, 4) is 0 Å². The van der Waals surface area contributed by atoms with Gasteiger partial charge in [-0.3, -0.25) is 9.59 Å². The molecule has 6 nitrogen and oxygen atoms in total. The Morgan fingerprint density at radius 2 is 0.958 bits per heavy atom. The van der Waals surface area contributed by atoms with Gasteiger partial charge in [0, 0.05) is 12.8 Å². The molecule has 8 heteroatoms. The number of halogens is 2. The van der Waals surface area contributed by atoms with Crippen molar-refractivity contribution in [2.24, 2.45) is 0 Å². The number of rotatable bonds is 11. The van der Waals surface area contributed by atoms with Crippen molar-refractivity contribution in [2.45, 2.75) is 25.7 Å². The van der Waals surface area contributed by atoms with Crippen LogP contribution in [0.5, 0.6) is 0 Å². The summed E-state index contributed by atoms with van der Waals surface area (Å²) >= 11 is 0. The third-order valence-corrected chi connectivity index (χ3v) is 3.06. The van der Waals surface area contributed by atoms with Gasteiger partial charge < -0.3 is 66.4 Å². The van der Waals surface area contributed by atoms with Crippen LogP contribution in [0.15, 0.2) is 0 Å². The predicted octanol–water partition coefficient (Wildman–Crippen LogP) is -4.95. The van der Waals surface area contributed by atoms with Crippen molar-refractivity contribution < 1.29 is 76.0 Å². The number of esters is 2. The molecule has 0 heterocycles. The summed E-state index contributed by atoms with van der Waals surface area (Å²) in [6.07, 6.45) is 2.05. The fourth-order valence-electron chi connectivity index (χ4n) is 1.55. The van der Waals surface area contributed by atoms with E-state index >= 15 is 0 Å². The van der Waals surface area contributed by atoms with Crippen LogP contribution in [0.4, 0.5) is 0 Å². The Labute approximate surface area is 181 Å². The predicted molar refractivity (Wildman–Crippen MR) is 86.2 cm³/mol. The highest BCUT2D eigenvalue weighted by molar-refractivity contribution is 5.70. The Balaban J connectivity index is -0.00000220. The third kappa shape index (κ3) is 22.3. The molecule has 0 saturated heterocycles. The maximum Gasteiger partial charge on any atom is 0.305 e. The summed E-state index contributed by atoms with van der Waals surface area (Å²) in [6.45, 7) is 2.47. The minimum Gasteiger partial charge on any atom is -1.00 e. The SMILES string of the molecule is C[N+](C)(C)CCOC(=O)CCCCC(=O)OCC[N+](C)(C)C.[I-].[I-]. The molecule has 0 spiro atoms. The monoisotopic (exact) mass is 572 g/mol. The smallest absolute Gasteiger partial charge is 0.305 e. The molecular formula is C16H34I2N2O4. The lowest BCUT2D eigenvalue weighted by molar-refractivity contribution is -0.870. The topological polar surface area (TPSA) is 52.6 Å². The number of nitrogens with zero attached hydrogens (tertiary/aromatic N) is 2. The largest absolute Gasteiger partial charge is 1.00 e. The van der Waals surface area contributed by atoms with E-state index in [9.17, 15) is 9.59 Å². The number of likely N-dealkylation sites (N-methyl/N-ethyl adjacent to an activating group) is 2. The van der Waals surface area contributed by atoms with Crippen LogP contribution < -0.4 is 48.0 Å². The van der Waals surface area contributed by atoms with Crippen LogP contribution in [-0.2, 0) is 19.1 Å². The number of ether oxygens (including phenoxy) is 2. The van der Waals surface area contributed by atoms with Crippen molar-refractivity contribution in [2.75, 3.05) is 68.6 Å². The van der Waals surface area contributed by atoms with Crippen LogP contribution in [0.1, 0.15) is 25.7 Å². The first kappa shape index (κ1) is 29.1. The normalized spacial score (nSPS) is 11.1. The lowest BCUT2D eigenvalue weighted by Gasteiger charge is -2.23. The number of carbonyl (C=O) groups is 2. The number of unbranched alkanes of at least 4 members (excludes halogenated alkanes) is 1. The minimum atomic E-state index is -0.188. The molecule has 0 aromatic heterocycles. The Bertz CT molecular complexity index is 319. The number of carbonyl (C=O) groups excluding carboxylic acids is 2. The number of hydrogen-bond acceptors (Lipinski definition) is 4. The lowest BCUT2D eigenvalue weighted by atomic mass is 10.2. The average Bonchev–Trinajstić information content (AvgIpc) is 2.31. The Kier molecular flexibility index (Phi) is 17.6. The zero-order valence-electron chi connectivity index (χ0n) is 15.9. The van der Waals surface area contributed by atoms with Crippen molar-refractivity contribution in [3.63, 3.8) is 0 Å². The minimum absolute atomic E-state index is 0. The van der Waals surface area contributed by atoms with Crippen LogP contribution in [0.25, 0.3) is 0 Å². The van der Waals surface area contributed by atoms with Crippen LogP contribution in [0, 0.1) is 0 Å². The Morgan fingerprint density at radius 1 is 0.667 bits per heavy atom. The fraction of sp³-hybridized carbons (Fsp3) is 0.875. The molecule has 0 radical (unpaired) electrons. The van der Waals surface area contributed by atoms with E-state index in [1.807, 2.05) is 0 Å². The van der Waals surface area contributed by atoms with Crippen molar-refractivity contribution >= 4 is 11.9 Å². The molecule has 0 unspecified atom stereocenters. The maximum absolute atomic E-state index is 11.5. The van der Waals surface area contributed by atoms with Crippen molar-refractivity contribution in [1.29, 1.82) is 0 Å². The highest BCUT2D eigenvalue weighted by atomic mass is 127. The molecular weight excluding hydrogens is 538 g/mol. The molecule has 0 saturated carbocycles. The molecule has 0 aliphatic heterocycles. The van der Waals surface area contributed by atoms with Crippen LogP contribution in [0.3, 0.4) is 0 Å². The molecule has 0 rings (SSSR count). The van der Waals surface area contributed by atoms with Gasteiger partial charge >= 0.3 is 11.9 Å². The molecule has 24 heavy (non-hydrogen) atoms. The second kappa shape index (κ2) is 14.5. The van der Waals surface area contributed by atoms with Gasteiger partial charge in [0.1, 0.15) is 26.3 Å². The molecule has 0 amide bonds. The second-order valence-electron chi connectivity index (χ2n) is 7.68. The van der Waals surface area contributed by atoms with Gasteiger partial charge in [-0.1, -0.05) is 0 Å². The van der Waals surface area contributed by atoms with E-state index in [-0.39, 0.29) is 59.9 Å². The fourth-order valence-corrected chi connectivity index (χ4v) is 1.55. The summed E-state index contributed by atoms with van der Waals surface area (Å²) in [4.78, 5) is 23.0. The molecule has 0 bridgehead atoms. The zero-order chi connectivity index (χ0) is 17.2. The number of quaternary nitrogens is 2. The van der Waals surface area contributed by atoms with Gasteiger partial charge in [-0.25, -0.2) is 0 Å². The first-order valence-corrected chi connectivity index (χ1v) is 7.92. The molecule has 146 valence electrons. The molecule has 0 aliphatic carbocycles. The summed E-state index contributed by atoms with van der Waals surface area (Å²) in [7, 11) is 12.3. The maximum atomic E-state index is 11.5. The van der Waals surface area contributed by atoms with E-state index in [4.69, 9.17) is 9.47 Å². The van der Waals surface area contributed by atoms with Gasteiger partial charge in [-0.2, -0.15) is 0 Å².